The number of nitrogens with one attached hydrogen (secondary N) is 3. The minimum absolute atomic E-state index is 0.00559. The number of ketones is 3. The fraction of sp³-hybridized carbons (Fsp3) is 0.129. The van der Waals surface area contributed by atoms with Crippen LogP contribution in [0.25, 0.3) is 0 Å². The number of halogens is 4. The summed E-state index contributed by atoms with van der Waals surface area (Å²) in [6.07, 6.45) is 15.6. The summed E-state index contributed by atoms with van der Waals surface area (Å²) in [5.74, 6) is -1.70. The zero-order chi connectivity index (χ0) is 56.4. The van der Waals surface area contributed by atoms with Gasteiger partial charge in [-0.2, -0.15) is 0 Å². The normalized spacial score (nSPS) is 13.3. The first kappa shape index (κ1) is 57.3. The van der Waals surface area contributed by atoms with Crippen LogP contribution in [0.15, 0.2) is 193 Å². The molecule has 0 aromatic heterocycles. The number of methoxy groups -OCH3 is 1. The molecule has 9 rings (SSSR count). The molecule has 0 bridgehead atoms. The second-order valence-electron chi connectivity index (χ2n) is 17.7. The van der Waals surface area contributed by atoms with Crippen LogP contribution in [-0.2, 0) is 25.5 Å². The van der Waals surface area contributed by atoms with Gasteiger partial charge < -0.3 is 34.9 Å². The van der Waals surface area contributed by atoms with Crippen molar-refractivity contribution in [1.29, 1.82) is 0 Å². The molecule has 0 aliphatic heterocycles. The highest BCUT2D eigenvalue weighted by Crippen LogP contribution is 2.33. The molecule has 0 spiro atoms. The van der Waals surface area contributed by atoms with Gasteiger partial charge in [-0.05, 0) is 141 Å². The molecule has 3 aliphatic carbocycles. The van der Waals surface area contributed by atoms with E-state index >= 15 is 0 Å². The standard InChI is InChI=1S/C22H20FNO4.C20H15ClFNO3.C20H16FNO3/c1-27-12-11-15-5-8-19(9-6-15)28-21-10-7-16(23)13-20(21)22(26)24-17-3-2-4-18(25)14-17;1-12-5-7-19(17(21)9-12)26-18-8-6-13(22)10-16(18)20(25)23-14-3-2-4-15(24)11-14;1-13-5-8-17(9-6-13)25-19-10-7-14(21)11-18(19)20(24)22-15-3-2-4-16(23)12-15/h2-3,5-10,13-14H,4,11-12H2,1H3,(H,24,26);2-3,5-11H,4H2,1H3,(H,23,25);2-3,5-12H,4H2,1H3,(H,22,24). The highest BCUT2D eigenvalue weighted by molar-refractivity contribution is 6.32. The van der Waals surface area contributed by atoms with Crippen molar-refractivity contribution >= 4 is 46.7 Å². The Labute approximate surface area is 458 Å². The number of benzene rings is 6. The van der Waals surface area contributed by atoms with Crippen molar-refractivity contribution in [3.63, 3.8) is 0 Å². The third-order valence-electron chi connectivity index (χ3n) is 11.4. The van der Waals surface area contributed by atoms with E-state index in [2.05, 4.69) is 16.0 Å². The van der Waals surface area contributed by atoms with Crippen LogP contribution in [0, 0.1) is 31.3 Å². The number of allylic oxidation sites excluding steroid dienone is 9. The van der Waals surface area contributed by atoms with E-state index in [0.29, 0.717) is 65.2 Å². The molecule has 0 heterocycles. The Balaban J connectivity index is 0.000000172. The number of carbonyl (C=O) groups is 6. The lowest BCUT2D eigenvalue weighted by molar-refractivity contribution is -0.114. The molecular weight excluding hydrogens is 1040 g/mol. The van der Waals surface area contributed by atoms with E-state index in [4.69, 9.17) is 30.5 Å². The van der Waals surface area contributed by atoms with Gasteiger partial charge in [0.05, 0.1) is 28.3 Å². The number of hydrogen-bond acceptors (Lipinski definition) is 10. The summed E-state index contributed by atoms with van der Waals surface area (Å²) in [6.45, 7) is 4.46. The Hall–Kier alpha value is -9.38. The molecule has 79 heavy (non-hydrogen) atoms. The molecule has 3 N–H and O–H groups in total. The number of rotatable bonds is 15. The quantitative estimate of drug-likeness (QED) is 0.0897. The molecule has 17 heteroatoms. The summed E-state index contributed by atoms with van der Waals surface area (Å²) < 4.78 is 63.3. The maximum Gasteiger partial charge on any atom is 0.259 e. The summed E-state index contributed by atoms with van der Waals surface area (Å²) in [5, 5.41) is 8.16. The van der Waals surface area contributed by atoms with Crippen molar-refractivity contribution in [3.05, 3.63) is 249 Å². The number of hydrogen-bond donors (Lipinski definition) is 3. The third kappa shape index (κ3) is 17.3. The molecular formula is C62H51ClF3N3O10. The first-order chi connectivity index (χ1) is 38.0. The van der Waals surface area contributed by atoms with Gasteiger partial charge in [-0.3, -0.25) is 28.8 Å². The van der Waals surface area contributed by atoms with Gasteiger partial charge in [0.25, 0.3) is 17.7 Å². The van der Waals surface area contributed by atoms with Gasteiger partial charge in [0.15, 0.2) is 17.3 Å². The molecule has 0 fully saturated rings. The molecule has 0 unspecified atom stereocenters. The summed E-state index contributed by atoms with van der Waals surface area (Å²) in [6, 6.07) is 31.0. The van der Waals surface area contributed by atoms with E-state index in [1.807, 2.05) is 44.2 Å². The molecule has 0 radical (unpaired) electrons. The largest absolute Gasteiger partial charge is 0.457 e. The average Bonchev–Trinajstić information content (AvgIpc) is 3.43. The van der Waals surface area contributed by atoms with E-state index in [9.17, 15) is 41.9 Å². The maximum atomic E-state index is 13.7. The Morgan fingerprint density at radius 1 is 0.481 bits per heavy atom. The Morgan fingerprint density at radius 2 is 0.848 bits per heavy atom. The van der Waals surface area contributed by atoms with Crippen LogP contribution in [-0.4, -0.2) is 48.8 Å². The van der Waals surface area contributed by atoms with Crippen molar-refractivity contribution in [2.45, 2.75) is 39.5 Å². The van der Waals surface area contributed by atoms with Crippen molar-refractivity contribution in [2.24, 2.45) is 0 Å². The minimum atomic E-state index is -0.590. The molecule has 0 atom stereocenters. The molecule has 3 aliphatic rings. The van der Waals surface area contributed by atoms with E-state index in [0.717, 1.165) is 41.3 Å². The van der Waals surface area contributed by atoms with Gasteiger partial charge in [-0.1, -0.05) is 65.7 Å². The molecule has 0 saturated carbocycles. The molecule has 0 saturated heterocycles. The lowest BCUT2D eigenvalue weighted by Crippen LogP contribution is -2.24. The summed E-state index contributed by atoms with van der Waals surface area (Å²) in [5.41, 5.74) is 4.27. The zero-order valence-corrected chi connectivity index (χ0v) is 43.6. The van der Waals surface area contributed by atoms with E-state index in [1.165, 1.54) is 54.6 Å². The molecule has 13 nitrogen and oxygen atoms in total. The smallest absolute Gasteiger partial charge is 0.259 e. The number of ether oxygens (including phenoxy) is 4. The van der Waals surface area contributed by atoms with E-state index < -0.39 is 35.2 Å². The lowest BCUT2D eigenvalue weighted by atomic mass is 10.1. The second kappa shape index (κ2) is 27.6. The fourth-order valence-corrected chi connectivity index (χ4v) is 7.77. The van der Waals surface area contributed by atoms with Crippen molar-refractivity contribution in [1.82, 2.24) is 16.0 Å². The highest BCUT2D eigenvalue weighted by atomic mass is 35.5. The van der Waals surface area contributed by atoms with Gasteiger partial charge in [-0.15, -0.1) is 0 Å². The monoisotopic (exact) mass is 1090 g/mol. The first-order valence-corrected chi connectivity index (χ1v) is 24.9. The van der Waals surface area contributed by atoms with Crippen LogP contribution in [0.1, 0.15) is 67.0 Å². The highest BCUT2D eigenvalue weighted by Gasteiger charge is 2.20. The van der Waals surface area contributed by atoms with Crippen LogP contribution < -0.4 is 30.2 Å². The van der Waals surface area contributed by atoms with Gasteiger partial charge in [0.2, 0.25) is 0 Å². The maximum absolute atomic E-state index is 13.7. The minimum Gasteiger partial charge on any atom is -0.457 e. The van der Waals surface area contributed by atoms with Crippen molar-refractivity contribution in [3.8, 4) is 34.5 Å². The number of amides is 3. The summed E-state index contributed by atoms with van der Waals surface area (Å²) in [7, 11) is 1.65. The van der Waals surface area contributed by atoms with Crippen LogP contribution in [0.3, 0.4) is 0 Å². The number of carbonyl (C=O) groups excluding carboxylic acids is 6. The Bertz CT molecular complexity index is 3490. The van der Waals surface area contributed by atoms with Gasteiger partial charge >= 0.3 is 0 Å². The van der Waals surface area contributed by atoms with Crippen LogP contribution >= 0.6 is 11.6 Å². The third-order valence-corrected chi connectivity index (χ3v) is 11.7. The van der Waals surface area contributed by atoms with E-state index in [-0.39, 0.29) is 51.3 Å². The van der Waals surface area contributed by atoms with Gasteiger partial charge in [0, 0.05) is 61.7 Å². The zero-order valence-electron chi connectivity index (χ0n) is 42.9. The molecule has 6 aromatic rings. The summed E-state index contributed by atoms with van der Waals surface area (Å²) in [4.78, 5) is 72.0. The lowest BCUT2D eigenvalue weighted by Gasteiger charge is -2.14. The van der Waals surface area contributed by atoms with Crippen LogP contribution in [0.5, 0.6) is 34.5 Å². The molecule has 3 amide bonds. The predicted molar refractivity (Wildman–Crippen MR) is 292 cm³/mol. The number of aryl methyl sites for hydroxylation is 2. The first-order valence-electron chi connectivity index (χ1n) is 24.5. The fourth-order valence-electron chi connectivity index (χ4n) is 7.49. The molecule has 6 aromatic carbocycles. The molecule has 402 valence electrons. The Morgan fingerprint density at radius 3 is 1.23 bits per heavy atom. The summed E-state index contributed by atoms with van der Waals surface area (Å²) >= 11 is 6.16. The van der Waals surface area contributed by atoms with Gasteiger partial charge in [0.1, 0.15) is 51.9 Å². The SMILES string of the molecule is COCCc1ccc(Oc2ccc(F)cc2C(=O)NC2=CC(=O)CC=C2)cc1.Cc1ccc(Oc2ccc(F)cc2C(=O)NC2=CC(=O)CC=C2)c(Cl)c1.Cc1ccc(Oc2ccc(F)cc2C(=O)NC2=CC(=O)CC=C2)cc1. The van der Waals surface area contributed by atoms with Crippen LogP contribution in [0.4, 0.5) is 13.2 Å². The average molecular weight is 1090 g/mol. The van der Waals surface area contributed by atoms with Crippen molar-refractivity contribution < 1.29 is 60.9 Å². The van der Waals surface area contributed by atoms with Crippen molar-refractivity contribution in [2.75, 3.05) is 13.7 Å². The van der Waals surface area contributed by atoms with Crippen LogP contribution in [0.2, 0.25) is 5.02 Å². The van der Waals surface area contributed by atoms with E-state index in [1.54, 1.807) is 80.0 Å². The predicted octanol–water partition coefficient (Wildman–Crippen LogP) is 12.7. The van der Waals surface area contributed by atoms with Gasteiger partial charge in [-0.25, -0.2) is 13.2 Å². The topological polar surface area (TPSA) is 175 Å². The second-order valence-corrected chi connectivity index (χ2v) is 18.1. The Kier molecular flexibility index (Phi) is 20.0.